The number of carbonyl (C=O) groups is 1. The van der Waals surface area contributed by atoms with Crippen LogP contribution in [0.5, 0.6) is 5.75 Å². The molecule has 1 atom stereocenters. The van der Waals surface area contributed by atoms with Crippen LogP contribution in [0.4, 0.5) is 0 Å². The second-order valence-electron chi connectivity index (χ2n) is 5.38. The highest BCUT2D eigenvalue weighted by atomic mass is 35.5. The molecule has 4 heteroatoms. The van der Waals surface area contributed by atoms with Crippen LogP contribution >= 0.6 is 11.6 Å². The molecule has 1 aromatic carbocycles. The summed E-state index contributed by atoms with van der Waals surface area (Å²) in [7, 11) is 0. The monoisotopic (exact) mass is 305 g/mol. The van der Waals surface area contributed by atoms with E-state index in [2.05, 4.69) is 4.98 Å². The lowest BCUT2D eigenvalue weighted by atomic mass is 9.93. The highest BCUT2D eigenvalue weighted by Crippen LogP contribution is 2.38. The standard InChI is InChI=1S/C17H20ClNO2/c1-5-15(20)11(4)13-9-14(18)12-7-6-8-19-16(12)17(13)21-10(2)3/h6-11H,5H2,1-4H3. The van der Waals surface area contributed by atoms with E-state index in [4.69, 9.17) is 16.3 Å². The molecule has 2 rings (SSSR count). The van der Waals surface area contributed by atoms with Gasteiger partial charge in [0.15, 0.2) is 0 Å². The molecule has 1 aromatic heterocycles. The van der Waals surface area contributed by atoms with Gasteiger partial charge in [-0.15, -0.1) is 0 Å². The Morgan fingerprint density at radius 3 is 2.71 bits per heavy atom. The molecule has 0 N–H and O–H groups in total. The van der Waals surface area contributed by atoms with Gasteiger partial charge in [-0.25, -0.2) is 0 Å². The summed E-state index contributed by atoms with van der Waals surface area (Å²) in [6.07, 6.45) is 2.20. The Kier molecular flexibility index (Phi) is 4.84. The molecule has 0 amide bonds. The van der Waals surface area contributed by atoms with E-state index in [1.807, 2.05) is 45.9 Å². The molecule has 0 bridgehead atoms. The third kappa shape index (κ3) is 3.18. The number of carbonyl (C=O) groups excluding carboxylic acids is 1. The number of rotatable bonds is 5. The van der Waals surface area contributed by atoms with Crippen molar-refractivity contribution in [2.45, 2.75) is 46.1 Å². The SMILES string of the molecule is CCC(=O)C(C)c1cc(Cl)c2cccnc2c1OC(C)C. The molecule has 21 heavy (non-hydrogen) atoms. The van der Waals surface area contributed by atoms with Crippen molar-refractivity contribution in [2.75, 3.05) is 0 Å². The van der Waals surface area contributed by atoms with Crippen molar-refractivity contribution in [2.24, 2.45) is 0 Å². The quantitative estimate of drug-likeness (QED) is 0.799. The lowest BCUT2D eigenvalue weighted by Crippen LogP contribution is -2.13. The fraction of sp³-hybridized carbons (Fsp3) is 0.412. The van der Waals surface area contributed by atoms with Crippen LogP contribution in [0.3, 0.4) is 0 Å². The first-order chi connectivity index (χ1) is 9.95. The zero-order valence-electron chi connectivity index (χ0n) is 12.8. The van der Waals surface area contributed by atoms with Crippen molar-refractivity contribution in [3.63, 3.8) is 0 Å². The molecule has 0 fully saturated rings. The van der Waals surface area contributed by atoms with Crippen molar-refractivity contribution in [3.8, 4) is 5.75 Å². The minimum Gasteiger partial charge on any atom is -0.488 e. The third-order valence-corrected chi connectivity index (χ3v) is 3.79. The molecule has 0 aliphatic rings. The van der Waals surface area contributed by atoms with Crippen LogP contribution in [0.2, 0.25) is 5.02 Å². The van der Waals surface area contributed by atoms with Crippen molar-refractivity contribution >= 4 is 28.3 Å². The van der Waals surface area contributed by atoms with Crippen LogP contribution < -0.4 is 4.74 Å². The van der Waals surface area contributed by atoms with Crippen molar-refractivity contribution in [1.82, 2.24) is 4.98 Å². The van der Waals surface area contributed by atoms with Gasteiger partial charge in [0, 0.05) is 29.5 Å². The van der Waals surface area contributed by atoms with Gasteiger partial charge < -0.3 is 4.74 Å². The van der Waals surface area contributed by atoms with Crippen LogP contribution in [0.15, 0.2) is 24.4 Å². The fourth-order valence-corrected chi connectivity index (χ4v) is 2.63. The van der Waals surface area contributed by atoms with E-state index in [1.165, 1.54) is 0 Å². The number of ether oxygens (including phenoxy) is 1. The van der Waals surface area contributed by atoms with Gasteiger partial charge in [-0.3, -0.25) is 9.78 Å². The van der Waals surface area contributed by atoms with E-state index in [0.29, 0.717) is 22.7 Å². The molecular weight excluding hydrogens is 286 g/mol. The Labute approximate surface area is 130 Å². The minimum atomic E-state index is -0.257. The van der Waals surface area contributed by atoms with Gasteiger partial charge in [0.25, 0.3) is 0 Å². The van der Waals surface area contributed by atoms with Crippen molar-refractivity contribution in [3.05, 3.63) is 35.0 Å². The van der Waals surface area contributed by atoms with Crippen LogP contribution in [-0.2, 0) is 4.79 Å². The number of fused-ring (bicyclic) bond motifs is 1. The molecule has 0 aliphatic heterocycles. The zero-order chi connectivity index (χ0) is 15.6. The third-order valence-electron chi connectivity index (χ3n) is 3.48. The Bertz CT molecular complexity index is 667. The molecule has 1 unspecified atom stereocenters. The van der Waals surface area contributed by atoms with Crippen LogP contribution in [0.1, 0.15) is 45.6 Å². The molecule has 3 nitrogen and oxygen atoms in total. The van der Waals surface area contributed by atoms with E-state index in [-0.39, 0.29) is 17.8 Å². The average Bonchev–Trinajstić information content (AvgIpc) is 2.48. The summed E-state index contributed by atoms with van der Waals surface area (Å²) in [5.74, 6) is 0.571. The van der Waals surface area contributed by atoms with Crippen molar-refractivity contribution in [1.29, 1.82) is 0 Å². The Morgan fingerprint density at radius 1 is 1.38 bits per heavy atom. The summed E-state index contributed by atoms with van der Waals surface area (Å²) in [4.78, 5) is 16.5. The second-order valence-corrected chi connectivity index (χ2v) is 5.79. The second kappa shape index (κ2) is 6.44. The topological polar surface area (TPSA) is 39.2 Å². The van der Waals surface area contributed by atoms with Gasteiger partial charge in [-0.1, -0.05) is 25.4 Å². The maximum Gasteiger partial charge on any atom is 0.149 e. The highest BCUT2D eigenvalue weighted by Gasteiger charge is 2.22. The lowest BCUT2D eigenvalue weighted by molar-refractivity contribution is -0.119. The number of Topliss-reactive ketones (excluding diaryl/α,β-unsaturated/α-hetero) is 1. The smallest absolute Gasteiger partial charge is 0.149 e. The highest BCUT2D eigenvalue weighted by molar-refractivity contribution is 6.35. The number of hydrogen-bond acceptors (Lipinski definition) is 3. The van der Waals surface area contributed by atoms with E-state index in [1.54, 1.807) is 6.20 Å². The first-order valence-corrected chi connectivity index (χ1v) is 7.60. The number of ketones is 1. The summed E-state index contributed by atoms with van der Waals surface area (Å²) in [5, 5.41) is 1.44. The van der Waals surface area contributed by atoms with Crippen LogP contribution in [0, 0.1) is 0 Å². The molecule has 0 radical (unpaired) electrons. The summed E-state index contributed by atoms with van der Waals surface area (Å²) in [6.45, 7) is 7.67. The maximum absolute atomic E-state index is 12.1. The summed E-state index contributed by atoms with van der Waals surface area (Å²) in [5.41, 5.74) is 1.52. The largest absolute Gasteiger partial charge is 0.488 e. The maximum atomic E-state index is 12.1. The Balaban J connectivity index is 2.71. The van der Waals surface area contributed by atoms with E-state index >= 15 is 0 Å². The number of halogens is 1. The van der Waals surface area contributed by atoms with E-state index in [0.717, 1.165) is 10.9 Å². The number of pyridine rings is 1. The predicted molar refractivity (Wildman–Crippen MR) is 86.2 cm³/mol. The predicted octanol–water partition coefficient (Wildman–Crippen LogP) is 4.76. The molecule has 0 aliphatic carbocycles. The number of hydrogen-bond donors (Lipinski definition) is 0. The first kappa shape index (κ1) is 15.8. The van der Waals surface area contributed by atoms with E-state index < -0.39 is 0 Å². The summed E-state index contributed by atoms with van der Waals surface area (Å²) >= 11 is 6.36. The van der Waals surface area contributed by atoms with Gasteiger partial charge in [-0.05, 0) is 32.0 Å². The minimum absolute atomic E-state index is 0.000870. The van der Waals surface area contributed by atoms with Gasteiger partial charge in [-0.2, -0.15) is 0 Å². The molecular formula is C17H20ClNO2. The normalized spacial score (nSPS) is 12.7. The number of nitrogens with zero attached hydrogens (tertiary/aromatic N) is 1. The molecule has 0 saturated heterocycles. The molecule has 112 valence electrons. The molecule has 1 heterocycles. The zero-order valence-corrected chi connectivity index (χ0v) is 13.6. The van der Waals surface area contributed by atoms with E-state index in [9.17, 15) is 4.79 Å². The Hall–Kier alpha value is -1.61. The molecule has 2 aromatic rings. The molecule has 0 spiro atoms. The average molecular weight is 306 g/mol. The summed E-state index contributed by atoms with van der Waals surface area (Å²) < 4.78 is 5.96. The van der Waals surface area contributed by atoms with Gasteiger partial charge in [0.2, 0.25) is 0 Å². The first-order valence-electron chi connectivity index (χ1n) is 7.22. The Morgan fingerprint density at radius 2 is 2.10 bits per heavy atom. The summed E-state index contributed by atoms with van der Waals surface area (Å²) in [6, 6.07) is 5.59. The van der Waals surface area contributed by atoms with Gasteiger partial charge in [0.1, 0.15) is 17.0 Å². The molecule has 0 saturated carbocycles. The fourth-order valence-electron chi connectivity index (χ4n) is 2.36. The lowest BCUT2D eigenvalue weighted by Gasteiger charge is -2.20. The van der Waals surface area contributed by atoms with Crippen LogP contribution in [0.25, 0.3) is 10.9 Å². The number of benzene rings is 1. The van der Waals surface area contributed by atoms with Gasteiger partial charge >= 0.3 is 0 Å². The van der Waals surface area contributed by atoms with Gasteiger partial charge in [0.05, 0.1) is 11.1 Å². The van der Waals surface area contributed by atoms with Crippen LogP contribution in [-0.4, -0.2) is 16.9 Å². The number of aromatic nitrogens is 1. The van der Waals surface area contributed by atoms with Crippen molar-refractivity contribution < 1.29 is 9.53 Å².